The van der Waals surface area contributed by atoms with Crippen LogP contribution in [0.25, 0.3) is 11.3 Å². The Balaban J connectivity index is 2.62. The van der Waals surface area contributed by atoms with E-state index in [9.17, 15) is 0 Å². The van der Waals surface area contributed by atoms with Crippen molar-refractivity contribution in [1.29, 1.82) is 0 Å². The van der Waals surface area contributed by atoms with Crippen LogP contribution in [0.1, 0.15) is 23.9 Å². The smallest absolute Gasteiger partial charge is 0.132 e. The van der Waals surface area contributed by atoms with Crippen LogP contribution in [0.15, 0.2) is 30.9 Å². The number of allylic oxidation sites excluding steroid dienone is 1. The number of rotatable bonds is 4. The summed E-state index contributed by atoms with van der Waals surface area (Å²) in [4.78, 5) is 4.71. The molecule has 1 aromatic carbocycles. The highest BCUT2D eigenvalue weighted by Crippen LogP contribution is 2.30. The fraction of sp³-hybridized carbons (Fsp3) is 0.312. The van der Waals surface area contributed by atoms with Gasteiger partial charge in [-0.05, 0) is 25.5 Å². The average molecular weight is 255 g/mol. The molecule has 0 unspecified atom stereocenters. The van der Waals surface area contributed by atoms with Gasteiger partial charge in [-0.3, -0.25) is 0 Å². The van der Waals surface area contributed by atoms with E-state index < -0.39 is 0 Å². The SMILES string of the molecule is C=CCn1c(CC)nc(-c2cc(C)ccc2C)c1N. The quantitative estimate of drug-likeness (QED) is 0.850. The van der Waals surface area contributed by atoms with Gasteiger partial charge in [0.1, 0.15) is 17.3 Å². The van der Waals surface area contributed by atoms with Gasteiger partial charge < -0.3 is 10.3 Å². The van der Waals surface area contributed by atoms with Gasteiger partial charge in [0.2, 0.25) is 0 Å². The zero-order valence-corrected chi connectivity index (χ0v) is 11.9. The second-order valence-corrected chi connectivity index (χ2v) is 4.83. The topological polar surface area (TPSA) is 43.8 Å². The Kier molecular flexibility index (Phi) is 3.74. The van der Waals surface area contributed by atoms with Crippen LogP contribution < -0.4 is 5.73 Å². The van der Waals surface area contributed by atoms with E-state index in [-0.39, 0.29) is 0 Å². The summed E-state index contributed by atoms with van der Waals surface area (Å²) in [7, 11) is 0. The van der Waals surface area contributed by atoms with Crippen molar-refractivity contribution in [2.75, 3.05) is 5.73 Å². The summed E-state index contributed by atoms with van der Waals surface area (Å²) in [6, 6.07) is 6.37. The molecule has 1 aromatic heterocycles. The minimum atomic E-state index is 0.701. The van der Waals surface area contributed by atoms with E-state index in [1.165, 1.54) is 11.1 Å². The average Bonchev–Trinajstić information content (AvgIpc) is 2.70. The van der Waals surface area contributed by atoms with Crippen molar-refractivity contribution in [3.8, 4) is 11.3 Å². The molecule has 0 bridgehead atoms. The summed E-state index contributed by atoms with van der Waals surface area (Å²) in [5, 5.41) is 0. The molecule has 0 aliphatic rings. The third-order valence-electron chi connectivity index (χ3n) is 3.36. The predicted molar refractivity (Wildman–Crippen MR) is 81.1 cm³/mol. The van der Waals surface area contributed by atoms with Crippen LogP contribution in [0, 0.1) is 13.8 Å². The van der Waals surface area contributed by atoms with Gasteiger partial charge in [-0.25, -0.2) is 4.98 Å². The lowest BCUT2D eigenvalue weighted by Gasteiger charge is -2.07. The van der Waals surface area contributed by atoms with Gasteiger partial charge >= 0.3 is 0 Å². The molecule has 2 aromatic rings. The molecule has 2 rings (SSSR count). The standard InChI is InChI=1S/C16H21N3/c1-5-9-19-14(6-2)18-15(16(19)17)13-10-11(3)7-8-12(13)4/h5,7-8,10H,1,6,9,17H2,2-4H3. The summed E-state index contributed by atoms with van der Waals surface area (Å²) >= 11 is 0. The maximum absolute atomic E-state index is 6.27. The minimum absolute atomic E-state index is 0.701. The number of nitrogens with zero attached hydrogens (tertiary/aromatic N) is 2. The molecule has 2 N–H and O–H groups in total. The largest absolute Gasteiger partial charge is 0.383 e. The van der Waals surface area contributed by atoms with Gasteiger partial charge in [0.25, 0.3) is 0 Å². The third-order valence-corrected chi connectivity index (χ3v) is 3.36. The molecular formula is C16H21N3. The fourth-order valence-electron chi connectivity index (χ4n) is 2.31. The van der Waals surface area contributed by atoms with Crippen molar-refractivity contribution < 1.29 is 0 Å². The number of hydrogen-bond acceptors (Lipinski definition) is 2. The number of hydrogen-bond donors (Lipinski definition) is 1. The monoisotopic (exact) mass is 255 g/mol. The lowest BCUT2D eigenvalue weighted by molar-refractivity contribution is 0.757. The Morgan fingerprint density at radius 2 is 2.11 bits per heavy atom. The van der Waals surface area contributed by atoms with Crippen molar-refractivity contribution in [3.63, 3.8) is 0 Å². The molecule has 19 heavy (non-hydrogen) atoms. The highest BCUT2D eigenvalue weighted by atomic mass is 15.1. The maximum atomic E-state index is 6.27. The summed E-state index contributed by atoms with van der Waals surface area (Å²) < 4.78 is 2.03. The van der Waals surface area contributed by atoms with Gasteiger partial charge in [-0.2, -0.15) is 0 Å². The molecule has 0 saturated carbocycles. The highest BCUT2D eigenvalue weighted by Gasteiger charge is 2.15. The van der Waals surface area contributed by atoms with E-state index in [0.717, 1.165) is 29.3 Å². The Bertz CT molecular complexity index is 609. The summed E-state index contributed by atoms with van der Waals surface area (Å²) in [5.74, 6) is 1.73. The van der Waals surface area contributed by atoms with Crippen LogP contribution in [-0.4, -0.2) is 9.55 Å². The van der Waals surface area contributed by atoms with Crippen LogP contribution in [0.5, 0.6) is 0 Å². The summed E-state index contributed by atoms with van der Waals surface area (Å²) in [6.45, 7) is 10.7. The molecule has 0 aliphatic carbocycles. The molecule has 0 saturated heterocycles. The second kappa shape index (κ2) is 5.31. The molecular weight excluding hydrogens is 234 g/mol. The molecule has 0 amide bonds. The first-order valence-corrected chi connectivity index (χ1v) is 6.61. The third kappa shape index (κ3) is 2.41. The van der Waals surface area contributed by atoms with Crippen LogP contribution >= 0.6 is 0 Å². The van der Waals surface area contributed by atoms with E-state index in [2.05, 4.69) is 45.5 Å². The van der Waals surface area contributed by atoms with Crippen LogP contribution in [0.2, 0.25) is 0 Å². The maximum Gasteiger partial charge on any atom is 0.132 e. The second-order valence-electron chi connectivity index (χ2n) is 4.83. The number of anilines is 1. The van der Waals surface area contributed by atoms with Gasteiger partial charge in [0.15, 0.2) is 0 Å². The molecule has 1 heterocycles. The Morgan fingerprint density at radius 3 is 2.74 bits per heavy atom. The van der Waals surface area contributed by atoms with E-state index in [1.807, 2.05) is 10.6 Å². The van der Waals surface area contributed by atoms with E-state index in [0.29, 0.717) is 6.54 Å². The molecule has 3 nitrogen and oxygen atoms in total. The Morgan fingerprint density at radius 1 is 1.37 bits per heavy atom. The van der Waals surface area contributed by atoms with Crippen molar-refractivity contribution in [2.45, 2.75) is 33.7 Å². The first-order chi connectivity index (χ1) is 9.08. The van der Waals surface area contributed by atoms with Crippen molar-refractivity contribution in [2.24, 2.45) is 0 Å². The molecule has 3 heteroatoms. The zero-order valence-electron chi connectivity index (χ0n) is 11.9. The number of nitrogen functional groups attached to an aromatic ring is 1. The summed E-state index contributed by atoms with van der Waals surface area (Å²) in [5.41, 5.74) is 10.7. The number of benzene rings is 1. The predicted octanol–water partition coefficient (Wildman–Crippen LogP) is 3.50. The highest BCUT2D eigenvalue weighted by molar-refractivity contribution is 5.74. The normalized spacial score (nSPS) is 10.7. The van der Waals surface area contributed by atoms with Crippen LogP contribution in [0.4, 0.5) is 5.82 Å². The Hall–Kier alpha value is -2.03. The van der Waals surface area contributed by atoms with E-state index in [4.69, 9.17) is 10.7 Å². The molecule has 0 radical (unpaired) electrons. The lowest BCUT2D eigenvalue weighted by Crippen LogP contribution is -2.05. The van der Waals surface area contributed by atoms with Gasteiger partial charge in [-0.1, -0.05) is 30.7 Å². The lowest BCUT2D eigenvalue weighted by atomic mass is 10.0. The molecule has 0 atom stereocenters. The fourth-order valence-corrected chi connectivity index (χ4v) is 2.31. The molecule has 100 valence electrons. The first-order valence-electron chi connectivity index (χ1n) is 6.61. The van der Waals surface area contributed by atoms with Crippen LogP contribution in [-0.2, 0) is 13.0 Å². The summed E-state index contributed by atoms with van der Waals surface area (Å²) in [6.07, 6.45) is 2.72. The molecule has 0 fully saturated rings. The van der Waals surface area contributed by atoms with E-state index in [1.54, 1.807) is 0 Å². The number of aromatic nitrogens is 2. The molecule has 0 spiro atoms. The van der Waals surface area contributed by atoms with Crippen molar-refractivity contribution >= 4 is 5.82 Å². The van der Waals surface area contributed by atoms with E-state index >= 15 is 0 Å². The molecule has 0 aliphatic heterocycles. The number of nitrogens with two attached hydrogens (primary N) is 1. The van der Waals surface area contributed by atoms with Gasteiger partial charge in [0, 0.05) is 18.5 Å². The first kappa shape index (κ1) is 13.4. The Labute approximate surface area is 114 Å². The van der Waals surface area contributed by atoms with Crippen molar-refractivity contribution in [3.05, 3.63) is 47.8 Å². The van der Waals surface area contributed by atoms with Gasteiger partial charge in [0.05, 0.1) is 0 Å². The zero-order chi connectivity index (χ0) is 14.0. The minimum Gasteiger partial charge on any atom is -0.383 e. The van der Waals surface area contributed by atoms with Gasteiger partial charge in [-0.15, -0.1) is 6.58 Å². The number of imidazole rings is 1. The van der Waals surface area contributed by atoms with Crippen LogP contribution in [0.3, 0.4) is 0 Å². The number of aryl methyl sites for hydroxylation is 3. The van der Waals surface area contributed by atoms with Crippen molar-refractivity contribution in [1.82, 2.24) is 9.55 Å².